The van der Waals surface area contributed by atoms with Crippen LogP contribution < -0.4 is 5.32 Å². The molecule has 1 aliphatic rings. The summed E-state index contributed by atoms with van der Waals surface area (Å²) in [7, 11) is 0. The Hall–Kier alpha value is -1.98. The molecule has 1 amide bonds. The standard InChI is InChI=1S/C15H17F2NO3/c1-8(12-7-9(16)5-6-13(12)17)18-14(19)10-3-2-4-11(10)15(20)21/h5-8,10-11H,2-4H2,1H3,(H,18,19)(H,20,21)/t8?,10-,11+/m1/s1. The van der Waals surface area contributed by atoms with E-state index in [1.54, 1.807) is 6.92 Å². The Balaban J connectivity index is 2.08. The molecule has 0 heterocycles. The second-order valence-corrected chi connectivity index (χ2v) is 5.38. The highest BCUT2D eigenvalue weighted by molar-refractivity contribution is 5.85. The molecule has 1 aromatic rings. The highest BCUT2D eigenvalue weighted by atomic mass is 19.1. The van der Waals surface area contributed by atoms with Gasteiger partial charge < -0.3 is 10.4 Å². The maximum atomic E-state index is 13.6. The van der Waals surface area contributed by atoms with Gasteiger partial charge in [-0.3, -0.25) is 9.59 Å². The fourth-order valence-corrected chi connectivity index (χ4v) is 2.81. The number of nitrogens with one attached hydrogen (secondary N) is 1. The van der Waals surface area contributed by atoms with Crippen LogP contribution in [0.3, 0.4) is 0 Å². The first-order valence-electron chi connectivity index (χ1n) is 6.88. The summed E-state index contributed by atoms with van der Waals surface area (Å²) in [5, 5.41) is 11.7. The van der Waals surface area contributed by atoms with Crippen LogP contribution in [0.4, 0.5) is 8.78 Å². The number of benzene rings is 1. The first kappa shape index (κ1) is 15.4. The van der Waals surface area contributed by atoms with E-state index in [-0.39, 0.29) is 5.56 Å². The summed E-state index contributed by atoms with van der Waals surface area (Å²) >= 11 is 0. The number of halogens is 2. The molecule has 6 heteroatoms. The Bertz CT molecular complexity index is 562. The van der Waals surface area contributed by atoms with Gasteiger partial charge in [0.1, 0.15) is 11.6 Å². The lowest BCUT2D eigenvalue weighted by atomic mass is 9.94. The molecule has 0 aliphatic heterocycles. The third-order valence-corrected chi connectivity index (χ3v) is 3.95. The quantitative estimate of drug-likeness (QED) is 0.898. The Morgan fingerprint density at radius 3 is 2.62 bits per heavy atom. The van der Waals surface area contributed by atoms with Crippen molar-refractivity contribution in [1.29, 1.82) is 0 Å². The summed E-state index contributed by atoms with van der Waals surface area (Å²) in [5.74, 6) is -3.91. The third-order valence-electron chi connectivity index (χ3n) is 3.95. The average molecular weight is 297 g/mol. The van der Waals surface area contributed by atoms with E-state index in [2.05, 4.69) is 5.32 Å². The molecular weight excluding hydrogens is 280 g/mol. The fourth-order valence-electron chi connectivity index (χ4n) is 2.81. The molecule has 0 bridgehead atoms. The van der Waals surface area contributed by atoms with Crippen LogP contribution in [0.5, 0.6) is 0 Å². The minimum Gasteiger partial charge on any atom is -0.481 e. The molecule has 0 aromatic heterocycles. The van der Waals surface area contributed by atoms with E-state index < -0.39 is 41.4 Å². The zero-order valence-electron chi connectivity index (χ0n) is 11.6. The normalized spacial score (nSPS) is 22.8. The second-order valence-electron chi connectivity index (χ2n) is 5.38. The Morgan fingerprint density at radius 2 is 1.95 bits per heavy atom. The molecule has 1 aromatic carbocycles. The Kier molecular flexibility index (Phi) is 4.55. The molecule has 1 fully saturated rings. The molecule has 21 heavy (non-hydrogen) atoms. The summed E-state index contributed by atoms with van der Waals surface area (Å²) in [6.07, 6.45) is 1.65. The van der Waals surface area contributed by atoms with Crippen LogP contribution in [0.2, 0.25) is 0 Å². The van der Waals surface area contributed by atoms with Gasteiger partial charge in [-0.2, -0.15) is 0 Å². The van der Waals surface area contributed by atoms with Crippen molar-refractivity contribution in [2.24, 2.45) is 11.8 Å². The Labute approximate surface area is 121 Å². The number of carbonyl (C=O) groups is 2. The van der Waals surface area contributed by atoms with Crippen molar-refractivity contribution in [3.8, 4) is 0 Å². The maximum Gasteiger partial charge on any atom is 0.307 e. The molecule has 0 spiro atoms. The summed E-state index contributed by atoms with van der Waals surface area (Å²) in [5.41, 5.74) is 0.0493. The van der Waals surface area contributed by atoms with Crippen molar-refractivity contribution in [3.05, 3.63) is 35.4 Å². The third kappa shape index (κ3) is 3.37. The van der Waals surface area contributed by atoms with Crippen molar-refractivity contribution in [3.63, 3.8) is 0 Å². The van der Waals surface area contributed by atoms with E-state index in [9.17, 15) is 18.4 Å². The van der Waals surface area contributed by atoms with Gasteiger partial charge in [0.15, 0.2) is 0 Å². The van der Waals surface area contributed by atoms with Crippen LogP contribution in [0.25, 0.3) is 0 Å². The van der Waals surface area contributed by atoms with Crippen molar-refractivity contribution >= 4 is 11.9 Å². The number of rotatable bonds is 4. The van der Waals surface area contributed by atoms with E-state index in [1.807, 2.05) is 0 Å². The number of carboxylic acid groups (broad SMARTS) is 1. The van der Waals surface area contributed by atoms with E-state index in [1.165, 1.54) is 0 Å². The van der Waals surface area contributed by atoms with Crippen molar-refractivity contribution < 1.29 is 23.5 Å². The SMILES string of the molecule is CC(NC(=O)[C@@H]1CCC[C@@H]1C(=O)O)c1cc(F)ccc1F. The van der Waals surface area contributed by atoms with Gasteiger partial charge in [0.2, 0.25) is 5.91 Å². The van der Waals surface area contributed by atoms with Gasteiger partial charge in [-0.1, -0.05) is 6.42 Å². The van der Waals surface area contributed by atoms with E-state index in [4.69, 9.17) is 5.11 Å². The molecular formula is C15H17F2NO3. The first-order valence-corrected chi connectivity index (χ1v) is 6.88. The topological polar surface area (TPSA) is 66.4 Å². The average Bonchev–Trinajstić information content (AvgIpc) is 2.91. The minimum absolute atomic E-state index is 0.0493. The lowest BCUT2D eigenvalue weighted by Crippen LogP contribution is -2.36. The van der Waals surface area contributed by atoms with Gasteiger partial charge in [-0.05, 0) is 38.0 Å². The predicted molar refractivity (Wildman–Crippen MR) is 71.4 cm³/mol. The molecule has 4 nitrogen and oxygen atoms in total. The summed E-state index contributed by atoms with van der Waals surface area (Å²) < 4.78 is 26.8. The fraction of sp³-hybridized carbons (Fsp3) is 0.467. The molecule has 114 valence electrons. The van der Waals surface area contributed by atoms with Crippen molar-refractivity contribution in [2.75, 3.05) is 0 Å². The van der Waals surface area contributed by atoms with Crippen molar-refractivity contribution in [1.82, 2.24) is 5.32 Å². The van der Waals surface area contributed by atoms with Gasteiger partial charge in [0.05, 0.1) is 17.9 Å². The van der Waals surface area contributed by atoms with E-state index in [0.717, 1.165) is 18.2 Å². The van der Waals surface area contributed by atoms with Gasteiger partial charge >= 0.3 is 5.97 Å². The van der Waals surface area contributed by atoms with Crippen molar-refractivity contribution in [2.45, 2.75) is 32.2 Å². The number of aliphatic carboxylic acids is 1. The minimum atomic E-state index is -0.989. The number of carboxylic acids is 1. The highest BCUT2D eigenvalue weighted by Crippen LogP contribution is 2.32. The number of hydrogen-bond donors (Lipinski definition) is 2. The van der Waals surface area contributed by atoms with Gasteiger partial charge in [-0.25, -0.2) is 8.78 Å². The molecule has 2 rings (SSSR count). The first-order chi connectivity index (χ1) is 9.90. The van der Waals surface area contributed by atoms with E-state index in [0.29, 0.717) is 19.3 Å². The van der Waals surface area contributed by atoms with Crippen LogP contribution in [0, 0.1) is 23.5 Å². The van der Waals surface area contributed by atoms with Crippen LogP contribution >= 0.6 is 0 Å². The highest BCUT2D eigenvalue weighted by Gasteiger charge is 2.38. The smallest absolute Gasteiger partial charge is 0.307 e. The zero-order valence-corrected chi connectivity index (χ0v) is 11.6. The number of hydrogen-bond acceptors (Lipinski definition) is 2. The molecule has 2 N–H and O–H groups in total. The van der Waals surface area contributed by atoms with Gasteiger partial charge in [0, 0.05) is 5.56 Å². The Morgan fingerprint density at radius 1 is 1.29 bits per heavy atom. The molecule has 3 atom stereocenters. The molecule has 1 unspecified atom stereocenters. The van der Waals surface area contributed by atoms with Crippen LogP contribution in [-0.4, -0.2) is 17.0 Å². The van der Waals surface area contributed by atoms with Crippen LogP contribution in [-0.2, 0) is 9.59 Å². The lowest BCUT2D eigenvalue weighted by molar-refractivity contribution is -0.146. The second kappa shape index (κ2) is 6.20. The van der Waals surface area contributed by atoms with Crippen LogP contribution in [0.1, 0.15) is 37.8 Å². The summed E-state index contributed by atoms with van der Waals surface area (Å²) in [6.45, 7) is 1.54. The maximum absolute atomic E-state index is 13.6. The zero-order chi connectivity index (χ0) is 15.6. The monoisotopic (exact) mass is 297 g/mol. The van der Waals surface area contributed by atoms with Gasteiger partial charge in [-0.15, -0.1) is 0 Å². The summed E-state index contributed by atoms with van der Waals surface area (Å²) in [4.78, 5) is 23.2. The van der Waals surface area contributed by atoms with Gasteiger partial charge in [0.25, 0.3) is 0 Å². The molecule has 1 aliphatic carbocycles. The number of carbonyl (C=O) groups excluding carboxylic acids is 1. The molecule has 1 saturated carbocycles. The van der Waals surface area contributed by atoms with Crippen LogP contribution in [0.15, 0.2) is 18.2 Å². The predicted octanol–water partition coefficient (Wildman–Crippen LogP) is 2.64. The summed E-state index contributed by atoms with van der Waals surface area (Å²) in [6, 6.07) is 2.32. The molecule has 0 saturated heterocycles. The lowest BCUT2D eigenvalue weighted by Gasteiger charge is -2.20. The number of amides is 1. The largest absolute Gasteiger partial charge is 0.481 e. The molecule has 0 radical (unpaired) electrons. The van der Waals surface area contributed by atoms with E-state index >= 15 is 0 Å².